The normalized spacial score (nSPS) is 14.2. The molecule has 2 heterocycles. The van der Waals surface area contributed by atoms with Crippen LogP contribution in [0.5, 0.6) is 11.5 Å². The Morgan fingerprint density at radius 1 is 0.393 bits per heavy atom. The minimum absolute atomic E-state index is 0.514. The van der Waals surface area contributed by atoms with Gasteiger partial charge < -0.3 is 4.74 Å². The van der Waals surface area contributed by atoms with Gasteiger partial charge in [-0.05, 0) is 69.5 Å². The zero-order valence-corrected chi connectivity index (χ0v) is 30.6. The van der Waals surface area contributed by atoms with Gasteiger partial charge in [-0.2, -0.15) is 0 Å². The predicted octanol–water partition coefficient (Wildman–Crippen LogP) is 12.7. The fraction of sp³-hybridized carbons (Fsp3) is 0.0577. The van der Waals surface area contributed by atoms with E-state index in [1.807, 2.05) is 18.2 Å². The van der Waals surface area contributed by atoms with E-state index >= 15 is 0 Å². The molecule has 0 fully saturated rings. The smallest absolute Gasteiger partial charge is 0.164 e. The maximum absolute atomic E-state index is 6.87. The third-order valence-corrected chi connectivity index (χ3v) is 11.5. The van der Waals surface area contributed by atoms with Gasteiger partial charge in [-0.1, -0.05) is 176 Å². The van der Waals surface area contributed by atoms with E-state index in [0.29, 0.717) is 17.5 Å². The van der Waals surface area contributed by atoms with Crippen LogP contribution in [0.15, 0.2) is 188 Å². The van der Waals surface area contributed by atoms with E-state index in [9.17, 15) is 0 Å². The Morgan fingerprint density at radius 3 is 1.61 bits per heavy atom. The molecule has 4 nitrogen and oxygen atoms in total. The molecule has 0 unspecified atom stereocenters. The van der Waals surface area contributed by atoms with Crippen molar-refractivity contribution in [2.24, 2.45) is 0 Å². The number of allylic oxidation sites excluding steroid dienone is 4. The van der Waals surface area contributed by atoms with Crippen LogP contribution in [0.2, 0.25) is 0 Å². The van der Waals surface area contributed by atoms with E-state index in [1.54, 1.807) is 0 Å². The van der Waals surface area contributed by atoms with Crippen molar-refractivity contribution in [2.75, 3.05) is 0 Å². The van der Waals surface area contributed by atoms with Crippen molar-refractivity contribution in [3.05, 3.63) is 216 Å². The lowest BCUT2D eigenvalue weighted by atomic mass is 9.66. The Labute approximate surface area is 326 Å². The number of para-hydroxylation sites is 1. The van der Waals surface area contributed by atoms with Gasteiger partial charge in [0.15, 0.2) is 17.5 Å². The predicted molar refractivity (Wildman–Crippen MR) is 225 cm³/mol. The molecule has 0 N–H and O–H groups in total. The van der Waals surface area contributed by atoms with Crippen molar-refractivity contribution in [1.82, 2.24) is 15.0 Å². The molecule has 1 aromatic heterocycles. The molecule has 1 aliphatic heterocycles. The summed E-state index contributed by atoms with van der Waals surface area (Å²) in [5.41, 5.74) is 14.0. The zero-order valence-electron chi connectivity index (χ0n) is 30.6. The highest BCUT2D eigenvalue weighted by Crippen LogP contribution is 2.62. The van der Waals surface area contributed by atoms with Crippen molar-refractivity contribution < 1.29 is 4.74 Å². The molecule has 4 heteroatoms. The first-order valence-electron chi connectivity index (χ1n) is 19.3. The van der Waals surface area contributed by atoms with E-state index in [-0.39, 0.29) is 0 Å². The van der Waals surface area contributed by atoms with Gasteiger partial charge in [0.1, 0.15) is 11.5 Å². The van der Waals surface area contributed by atoms with Crippen molar-refractivity contribution in [1.29, 1.82) is 0 Å². The van der Waals surface area contributed by atoms with Crippen LogP contribution in [-0.2, 0) is 5.41 Å². The highest BCUT2D eigenvalue weighted by Gasteiger charge is 2.50. The summed E-state index contributed by atoms with van der Waals surface area (Å²) in [5.74, 6) is 3.60. The highest BCUT2D eigenvalue weighted by molar-refractivity contribution is 5.90. The molecule has 56 heavy (non-hydrogen) atoms. The summed E-state index contributed by atoms with van der Waals surface area (Å²) in [7, 11) is 0. The molecule has 0 amide bonds. The van der Waals surface area contributed by atoms with E-state index in [2.05, 4.69) is 170 Å². The monoisotopic (exact) mass is 717 g/mol. The second-order valence-electron chi connectivity index (χ2n) is 14.6. The summed E-state index contributed by atoms with van der Waals surface area (Å²) >= 11 is 0. The van der Waals surface area contributed by atoms with Gasteiger partial charge in [0.25, 0.3) is 0 Å². The third-order valence-electron chi connectivity index (χ3n) is 11.5. The quantitative estimate of drug-likeness (QED) is 0.178. The minimum Gasteiger partial charge on any atom is -0.457 e. The summed E-state index contributed by atoms with van der Waals surface area (Å²) in [6, 6.07) is 59.9. The molecule has 3 aliphatic rings. The number of benzene rings is 7. The lowest BCUT2D eigenvalue weighted by molar-refractivity contribution is 0.436. The van der Waals surface area contributed by atoms with Crippen LogP contribution < -0.4 is 4.74 Å². The Morgan fingerprint density at radius 2 is 0.929 bits per heavy atom. The van der Waals surface area contributed by atoms with Crippen LogP contribution in [0, 0.1) is 0 Å². The van der Waals surface area contributed by atoms with Gasteiger partial charge in [-0.3, -0.25) is 0 Å². The largest absolute Gasteiger partial charge is 0.457 e. The maximum atomic E-state index is 6.87. The van der Waals surface area contributed by atoms with E-state index in [4.69, 9.17) is 19.7 Å². The first kappa shape index (κ1) is 32.3. The van der Waals surface area contributed by atoms with Crippen molar-refractivity contribution >= 4 is 5.57 Å². The Bertz CT molecular complexity index is 2860. The van der Waals surface area contributed by atoms with E-state index in [0.717, 1.165) is 68.8 Å². The van der Waals surface area contributed by atoms with Gasteiger partial charge in [0.05, 0.1) is 5.41 Å². The van der Waals surface area contributed by atoms with Crippen molar-refractivity contribution in [2.45, 2.75) is 18.3 Å². The minimum atomic E-state index is -0.514. The van der Waals surface area contributed by atoms with Gasteiger partial charge in [-0.15, -0.1) is 0 Å². The molecule has 0 radical (unpaired) electrons. The fourth-order valence-corrected chi connectivity index (χ4v) is 9.03. The van der Waals surface area contributed by atoms with Crippen LogP contribution in [0.25, 0.3) is 62.0 Å². The number of rotatable bonds is 5. The third kappa shape index (κ3) is 4.96. The van der Waals surface area contributed by atoms with E-state index < -0.39 is 5.41 Å². The van der Waals surface area contributed by atoms with Crippen LogP contribution in [0.1, 0.15) is 40.7 Å². The number of nitrogens with zero attached hydrogens (tertiary/aromatic N) is 3. The SMILES string of the molecule is C1=CC(c2ccccc2-c2nc(-c3ccccc3)nc(-c3ccccc3-c3ccc4c(c3)Oc3ccccc3C43c4ccccc4-c4ccccc43)n2)=CCC1. The molecule has 0 saturated heterocycles. The Kier molecular flexibility index (Phi) is 7.49. The number of ether oxygens (including phenoxy) is 1. The summed E-state index contributed by atoms with van der Waals surface area (Å²) in [4.78, 5) is 15.6. The second kappa shape index (κ2) is 13.0. The molecule has 2 aliphatic carbocycles. The average molecular weight is 718 g/mol. The first-order valence-corrected chi connectivity index (χ1v) is 19.3. The molecule has 0 bridgehead atoms. The molecule has 0 saturated carbocycles. The molecule has 11 rings (SSSR count). The zero-order chi connectivity index (χ0) is 37.1. The van der Waals surface area contributed by atoms with Gasteiger partial charge >= 0.3 is 0 Å². The first-order chi connectivity index (χ1) is 27.8. The topological polar surface area (TPSA) is 47.9 Å². The fourth-order valence-electron chi connectivity index (χ4n) is 9.03. The van der Waals surface area contributed by atoms with E-state index in [1.165, 1.54) is 27.8 Å². The highest BCUT2D eigenvalue weighted by atomic mass is 16.5. The Hall–Kier alpha value is -7.17. The number of fused-ring (bicyclic) bond motifs is 9. The van der Waals surface area contributed by atoms with Gasteiger partial charge in [-0.25, -0.2) is 15.0 Å². The standard InChI is InChI=1S/C52H35N3O/c1-3-17-34(18-4-1)37-21-7-9-25-41(37)50-53-49(35-19-5-2-6-20-35)54-51(55-50)42-26-10-8-22-38(42)36-31-32-46-48(33-36)56-47-30-16-15-29-45(47)52(46)43-27-13-11-23-39(43)40-24-12-14-28-44(40)52/h2-3,5-33H,1,4H2. The molecule has 8 aromatic rings. The molecule has 1 spiro atoms. The second-order valence-corrected chi connectivity index (χ2v) is 14.6. The van der Waals surface area contributed by atoms with Crippen LogP contribution in [-0.4, -0.2) is 15.0 Å². The average Bonchev–Trinajstić information content (AvgIpc) is 3.57. The summed E-state index contributed by atoms with van der Waals surface area (Å²) in [5, 5.41) is 0. The summed E-state index contributed by atoms with van der Waals surface area (Å²) in [6.07, 6.45) is 8.82. The van der Waals surface area contributed by atoms with Crippen molar-refractivity contribution in [3.8, 4) is 67.9 Å². The summed E-state index contributed by atoms with van der Waals surface area (Å²) < 4.78 is 6.87. The van der Waals surface area contributed by atoms with Crippen LogP contribution >= 0.6 is 0 Å². The lowest BCUT2D eigenvalue weighted by Crippen LogP contribution is -2.32. The molecule has 0 atom stereocenters. The number of hydrogen-bond acceptors (Lipinski definition) is 4. The Balaban J connectivity index is 1.10. The molecule has 7 aromatic carbocycles. The lowest BCUT2D eigenvalue weighted by Gasteiger charge is -2.39. The van der Waals surface area contributed by atoms with Crippen LogP contribution in [0.4, 0.5) is 0 Å². The molecule has 264 valence electrons. The molecular weight excluding hydrogens is 683 g/mol. The maximum Gasteiger partial charge on any atom is 0.164 e. The van der Waals surface area contributed by atoms with Gasteiger partial charge in [0.2, 0.25) is 0 Å². The molecular formula is C52H35N3O. The summed E-state index contributed by atoms with van der Waals surface area (Å²) in [6.45, 7) is 0. The number of aromatic nitrogens is 3. The van der Waals surface area contributed by atoms with Crippen molar-refractivity contribution in [3.63, 3.8) is 0 Å². The van der Waals surface area contributed by atoms with Gasteiger partial charge in [0, 0.05) is 27.8 Å². The number of hydrogen-bond donors (Lipinski definition) is 0. The van der Waals surface area contributed by atoms with Crippen LogP contribution in [0.3, 0.4) is 0 Å².